The van der Waals surface area contributed by atoms with E-state index in [1.165, 1.54) is 45.1 Å². The van der Waals surface area contributed by atoms with Gasteiger partial charge in [0.25, 0.3) is 0 Å². The van der Waals surface area contributed by atoms with Crippen molar-refractivity contribution < 1.29 is 4.74 Å². The zero-order valence-corrected chi connectivity index (χ0v) is 12.2. The van der Waals surface area contributed by atoms with Gasteiger partial charge in [-0.05, 0) is 81.1 Å². The molecule has 4 bridgehead atoms. The van der Waals surface area contributed by atoms with Crippen LogP contribution in [0, 0.1) is 23.2 Å². The van der Waals surface area contributed by atoms with Gasteiger partial charge in [-0.15, -0.1) is 0 Å². The molecule has 0 spiro atoms. The van der Waals surface area contributed by atoms with Crippen molar-refractivity contribution in [3.8, 4) is 0 Å². The van der Waals surface area contributed by atoms with Gasteiger partial charge in [0.05, 0.1) is 13.2 Å². The third-order valence-electron chi connectivity index (χ3n) is 6.30. The standard InChI is InChI=1S/C17H29NO/c1-2-4-18-16(3-1)11-19-12-17-8-13-5-14(9-17)7-15(6-13)10-17/h13-16,18H,1-12H2. The monoisotopic (exact) mass is 263 g/mol. The molecule has 0 aromatic heterocycles. The van der Waals surface area contributed by atoms with Crippen LogP contribution in [0.25, 0.3) is 0 Å². The molecule has 1 N–H and O–H groups in total. The zero-order valence-electron chi connectivity index (χ0n) is 12.2. The van der Waals surface area contributed by atoms with Crippen LogP contribution in [0.4, 0.5) is 0 Å². The van der Waals surface area contributed by atoms with E-state index >= 15 is 0 Å². The van der Waals surface area contributed by atoms with Crippen molar-refractivity contribution in [1.82, 2.24) is 5.32 Å². The first-order valence-electron chi connectivity index (χ1n) is 8.62. The largest absolute Gasteiger partial charge is 0.379 e. The number of hydrogen-bond acceptors (Lipinski definition) is 2. The predicted molar refractivity (Wildman–Crippen MR) is 77.1 cm³/mol. The molecule has 0 radical (unpaired) electrons. The van der Waals surface area contributed by atoms with E-state index in [9.17, 15) is 0 Å². The Hall–Kier alpha value is -0.0800. The minimum Gasteiger partial charge on any atom is -0.379 e. The fraction of sp³-hybridized carbons (Fsp3) is 1.00. The lowest BCUT2D eigenvalue weighted by molar-refractivity contribution is -0.0988. The molecule has 0 aromatic rings. The molecule has 0 amide bonds. The van der Waals surface area contributed by atoms with Gasteiger partial charge in [-0.2, -0.15) is 0 Å². The highest BCUT2D eigenvalue weighted by Crippen LogP contribution is 2.60. The molecule has 2 nitrogen and oxygen atoms in total. The van der Waals surface area contributed by atoms with Crippen molar-refractivity contribution in [2.24, 2.45) is 23.2 Å². The lowest BCUT2D eigenvalue weighted by Crippen LogP contribution is -2.48. The summed E-state index contributed by atoms with van der Waals surface area (Å²) in [6.45, 7) is 3.22. The lowest BCUT2D eigenvalue weighted by Gasteiger charge is -2.56. The van der Waals surface area contributed by atoms with Crippen LogP contribution in [-0.2, 0) is 4.74 Å². The van der Waals surface area contributed by atoms with E-state index in [0.29, 0.717) is 11.5 Å². The minimum absolute atomic E-state index is 0.601. The highest BCUT2D eigenvalue weighted by Gasteiger charge is 2.50. The zero-order chi connectivity index (χ0) is 12.7. The molecule has 19 heavy (non-hydrogen) atoms. The summed E-state index contributed by atoms with van der Waals surface area (Å²) in [6.07, 6.45) is 13.1. The molecule has 5 fully saturated rings. The van der Waals surface area contributed by atoms with Gasteiger partial charge in [0.15, 0.2) is 0 Å². The van der Waals surface area contributed by atoms with Crippen molar-refractivity contribution in [2.45, 2.75) is 63.8 Å². The highest BCUT2D eigenvalue weighted by molar-refractivity contribution is 5.01. The maximum absolute atomic E-state index is 6.20. The summed E-state index contributed by atoms with van der Waals surface area (Å²) in [5, 5.41) is 3.60. The summed E-state index contributed by atoms with van der Waals surface area (Å²) < 4.78 is 6.20. The molecule has 1 saturated heterocycles. The van der Waals surface area contributed by atoms with Crippen molar-refractivity contribution >= 4 is 0 Å². The van der Waals surface area contributed by atoms with E-state index in [2.05, 4.69) is 5.32 Å². The summed E-state index contributed by atoms with van der Waals surface area (Å²) >= 11 is 0. The summed E-state index contributed by atoms with van der Waals surface area (Å²) in [4.78, 5) is 0. The smallest absolute Gasteiger partial charge is 0.0619 e. The Morgan fingerprint density at radius 1 is 0.947 bits per heavy atom. The molecule has 1 heterocycles. The van der Waals surface area contributed by atoms with Crippen LogP contribution in [-0.4, -0.2) is 25.8 Å². The van der Waals surface area contributed by atoms with Gasteiger partial charge in [0, 0.05) is 6.04 Å². The number of rotatable bonds is 4. The molecular formula is C17H29NO. The normalized spacial score (nSPS) is 48.6. The van der Waals surface area contributed by atoms with Gasteiger partial charge >= 0.3 is 0 Å². The first kappa shape index (κ1) is 12.6. The van der Waals surface area contributed by atoms with E-state index in [1.807, 2.05) is 0 Å². The maximum atomic E-state index is 6.20. The number of hydrogen-bond donors (Lipinski definition) is 1. The Labute approximate surface area is 117 Å². The summed E-state index contributed by atoms with van der Waals surface area (Å²) in [5.74, 6) is 3.17. The summed E-state index contributed by atoms with van der Waals surface area (Å²) in [6, 6.07) is 0.641. The van der Waals surface area contributed by atoms with E-state index < -0.39 is 0 Å². The van der Waals surface area contributed by atoms with E-state index in [-0.39, 0.29) is 0 Å². The average molecular weight is 263 g/mol. The maximum Gasteiger partial charge on any atom is 0.0619 e. The molecule has 4 saturated carbocycles. The Morgan fingerprint density at radius 2 is 1.63 bits per heavy atom. The third-order valence-corrected chi connectivity index (χ3v) is 6.30. The molecule has 0 aromatic carbocycles. The molecule has 5 aliphatic rings. The van der Waals surface area contributed by atoms with Crippen molar-refractivity contribution in [1.29, 1.82) is 0 Å². The second kappa shape index (κ2) is 5.04. The van der Waals surface area contributed by atoms with Crippen molar-refractivity contribution in [3.63, 3.8) is 0 Å². The molecule has 4 aliphatic carbocycles. The summed E-state index contributed by atoms with van der Waals surface area (Å²) in [7, 11) is 0. The van der Waals surface area contributed by atoms with Gasteiger partial charge in [-0.3, -0.25) is 0 Å². The molecule has 1 unspecified atom stereocenters. The lowest BCUT2D eigenvalue weighted by atomic mass is 9.50. The van der Waals surface area contributed by atoms with Gasteiger partial charge in [-0.1, -0.05) is 6.42 Å². The Kier molecular flexibility index (Phi) is 3.35. The first-order chi connectivity index (χ1) is 9.31. The topological polar surface area (TPSA) is 21.3 Å². The van der Waals surface area contributed by atoms with E-state index in [1.54, 1.807) is 19.3 Å². The molecule has 1 atom stereocenters. The van der Waals surface area contributed by atoms with Crippen LogP contribution in [0.2, 0.25) is 0 Å². The van der Waals surface area contributed by atoms with Crippen LogP contribution < -0.4 is 5.32 Å². The Bertz CT molecular complexity index is 286. The fourth-order valence-corrected chi connectivity index (χ4v) is 5.95. The van der Waals surface area contributed by atoms with Crippen LogP contribution in [0.15, 0.2) is 0 Å². The minimum atomic E-state index is 0.601. The van der Waals surface area contributed by atoms with Gasteiger partial charge in [-0.25, -0.2) is 0 Å². The molecule has 5 rings (SSSR count). The summed E-state index contributed by atoms with van der Waals surface area (Å²) in [5.41, 5.74) is 0.601. The van der Waals surface area contributed by atoms with Gasteiger partial charge in [0.1, 0.15) is 0 Å². The third kappa shape index (κ3) is 2.58. The molecule has 2 heteroatoms. The molecular weight excluding hydrogens is 234 g/mol. The molecule has 108 valence electrons. The fourth-order valence-electron chi connectivity index (χ4n) is 5.95. The quantitative estimate of drug-likeness (QED) is 0.840. The Balaban J connectivity index is 1.30. The second-order valence-electron chi connectivity index (χ2n) is 8.08. The van der Waals surface area contributed by atoms with Gasteiger partial charge < -0.3 is 10.1 Å². The second-order valence-corrected chi connectivity index (χ2v) is 8.08. The average Bonchev–Trinajstić information content (AvgIpc) is 2.38. The number of ether oxygens (including phenoxy) is 1. The van der Waals surface area contributed by atoms with Crippen LogP contribution in [0.5, 0.6) is 0 Å². The van der Waals surface area contributed by atoms with Crippen molar-refractivity contribution in [2.75, 3.05) is 19.8 Å². The van der Waals surface area contributed by atoms with Crippen LogP contribution >= 0.6 is 0 Å². The first-order valence-corrected chi connectivity index (χ1v) is 8.62. The van der Waals surface area contributed by atoms with E-state index in [0.717, 1.165) is 31.0 Å². The number of piperidine rings is 1. The predicted octanol–water partition coefficient (Wildman–Crippen LogP) is 3.36. The van der Waals surface area contributed by atoms with Crippen LogP contribution in [0.3, 0.4) is 0 Å². The SMILES string of the molecule is C1CCC(COCC23CC4CC(CC(C4)C2)C3)NC1. The van der Waals surface area contributed by atoms with Crippen LogP contribution in [0.1, 0.15) is 57.8 Å². The highest BCUT2D eigenvalue weighted by atomic mass is 16.5. The van der Waals surface area contributed by atoms with E-state index in [4.69, 9.17) is 4.74 Å². The molecule has 1 aliphatic heterocycles. The number of nitrogens with one attached hydrogen (secondary N) is 1. The van der Waals surface area contributed by atoms with Gasteiger partial charge in [0.2, 0.25) is 0 Å². The van der Waals surface area contributed by atoms with Crippen molar-refractivity contribution in [3.05, 3.63) is 0 Å². The Morgan fingerprint density at radius 3 is 2.21 bits per heavy atom.